The van der Waals surface area contributed by atoms with Gasteiger partial charge in [-0.05, 0) is 55.3 Å². The van der Waals surface area contributed by atoms with Crippen molar-refractivity contribution in [3.8, 4) is 0 Å². The zero-order valence-electron chi connectivity index (χ0n) is 16.0. The molecule has 0 bridgehead atoms. The number of hydrogen-bond donors (Lipinski definition) is 0. The quantitative estimate of drug-likeness (QED) is 0.531. The van der Waals surface area contributed by atoms with Crippen LogP contribution in [0.25, 0.3) is 0 Å². The number of benzene rings is 2. The topological polar surface area (TPSA) is 3.24 Å². The maximum Gasteiger partial charge on any atom is 0.392 e. The number of alkyl halides is 3. The summed E-state index contributed by atoms with van der Waals surface area (Å²) in [5.41, 5.74) is 3.34. The van der Waals surface area contributed by atoms with Crippen molar-refractivity contribution < 1.29 is 13.2 Å². The third kappa shape index (κ3) is 5.35. The summed E-state index contributed by atoms with van der Waals surface area (Å²) in [6.45, 7) is 3.14. The number of nitrogens with zero attached hydrogens (tertiary/aromatic N) is 1. The molecule has 146 valence electrons. The van der Waals surface area contributed by atoms with Crippen molar-refractivity contribution in [1.82, 2.24) is 4.90 Å². The molecule has 0 radical (unpaired) electrons. The lowest BCUT2D eigenvalue weighted by atomic mass is 10.00. The van der Waals surface area contributed by atoms with Crippen LogP contribution in [0.3, 0.4) is 0 Å². The van der Waals surface area contributed by atoms with Crippen LogP contribution in [0.1, 0.15) is 48.8 Å². The van der Waals surface area contributed by atoms with Gasteiger partial charge in [0.15, 0.2) is 0 Å². The minimum atomic E-state index is -4.05. The van der Waals surface area contributed by atoms with Crippen LogP contribution in [-0.2, 0) is 13.0 Å². The molecule has 1 nitrogen and oxygen atoms in total. The van der Waals surface area contributed by atoms with Crippen molar-refractivity contribution in [2.75, 3.05) is 7.05 Å². The fourth-order valence-electron chi connectivity index (χ4n) is 3.93. The highest BCUT2D eigenvalue weighted by Crippen LogP contribution is 2.56. The summed E-state index contributed by atoms with van der Waals surface area (Å²) in [5.74, 6) is -1.47. The summed E-state index contributed by atoms with van der Waals surface area (Å²) < 4.78 is 38.2. The van der Waals surface area contributed by atoms with Gasteiger partial charge < -0.3 is 0 Å². The van der Waals surface area contributed by atoms with E-state index < -0.39 is 12.1 Å². The minimum absolute atomic E-state index is 0.241. The Bertz CT molecular complexity index is 709. The molecule has 27 heavy (non-hydrogen) atoms. The summed E-state index contributed by atoms with van der Waals surface area (Å²) in [6, 6.07) is 18.7. The van der Waals surface area contributed by atoms with Crippen LogP contribution < -0.4 is 0 Å². The number of rotatable bonds is 8. The predicted molar refractivity (Wildman–Crippen MR) is 104 cm³/mol. The normalized spacial score (nSPS) is 20.7. The van der Waals surface area contributed by atoms with Crippen LogP contribution in [0, 0.1) is 5.92 Å². The second-order valence-corrected chi connectivity index (χ2v) is 7.73. The van der Waals surface area contributed by atoms with Crippen molar-refractivity contribution >= 4 is 0 Å². The molecule has 1 fully saturated rings. The van der Waals surface area contributed by atoms with E-state index >= 15 is 0 Å². The lowest BCUT2D eigenvalue weighted by molar-refractivity contribution is -0.148. The molecule has 0 aromatic heterocycles. The molecule has 3 atom stereocenters. The van der Waals surface area contributed by atoms with Crippen molar-refractivity contribution in [2.24, 2.45) is 5.92 Å². The van der Waals surface area contributed by atoms with Gasteiger partial charge in [0.25, 0.3) is 0 Å². The van der Waals surface area contributed by atoms with Gasteiger partial charge in [0.2, 0.25) is 0 Å². The maximum absolute atomic E-state index is 12.7. The Balaban J connectivity index is 1.51. The summed E-state index contributed by atoms with van der Waals surface area (Å²) >= 11 is 0. The van der Waals surface area contributed by atoms with Gasteiger partial charge in [0.1, 0.15) is 0 Å². The van der Waals surface area contributed by atoms with E-state index in [4.69, 9.17) is 0 Å². The maximum atomic E-state index is 12.7. The van der Waals surface area contributed by atoms with Gasteiger partial charge in [-0.2, -0.15) is 13.2 Å². The van der Waals surface area contributed by atoms with Gasteiger partial charge in [-0.1, -0.05) is 61.5 Å². The zero-order chi connectivity index (χ0) is 19.4. The first-order valence-electron chi connectivity index (χ1n) is 9.78. The lowest BCUT2D eigenvalue weighted by Gasteiger charge is -2.27. The summed E-state index contributed by atoms with van der Waals surface area (Å²) in [6.07, 6.45) is -0.734. The molecule has 1 aliphatic rings. The third-order valence-electron chi connectivity index (χ3n) is 5.75. The van der Waals surface area contributed by atoms with Gasteiger partial charge in [-0.3, -0.25) is 4.90 Å². The first kappa shape index (κ1) is 19.9. The highest BCUT2D eigenvalue weighted by atomic mass is 19.4. The molecule has 1 saturated carbocycles. The Morgan fingerprint density at radius 3 is 2.22 bits per heavy atom. The molecule has 3 unspecified atom stereocenters. The van der Waals surface area contributed by atoms with Gasteiger partial charge in [-0.25, -0.2) is 0 Å². The lowest BCUT2D eigenvalue weighted by Crippen LogP contribution is -2.31. The Morgan fingerprint density at radius 1 is 1.00 bits per heavy atom. The molecule has 0 saturated heterocycles. The Morgan fingerprint density at radius 2 is 1.67 bits per heavy atom. The second kappa shape index (κ2) is 8.47. The van der Waals surface area contributed by atoms with E-state index in [2.05, 4.69) is 43.1 Å². The molecule has 2 aromatic rings. The monoisotopic (exact) mass is 375 g/mol. The molecule has 2 aromatic carbocycles. The summed E-state index contributed by atoms with van der Waals surface area (Å²) in [7, 11) is 2.16. The van der Waals surface area contributed by atoms with Crippen LogP contribution in [0.2, 0.25) is 0 Å². The van der Waals surface area contributed by atoms with Crippen molar-refractivity contribution in [1.29, 1.82) is 0 Å². The fourth-order valence-corrected chi connectivity index (χ4v) is 3.93. The molecule has 0 heterocycles. The van der Waals surface area contributed by atoms with E-state index in [1.54, 1.807) is 0 Å². The van der Waals surface area contributed by atoms with Gasteiger partial charge in [0, 0.05) is 12.6 Å². The molecule has 0 spiro atoms. The van der Waals surface area contributed by atoms with Gasteiger partial charge in [0.05, 0.1) is 5.92 Å². The molecule has 0 aliphatic heterocycles. The van der Waals surface area contributed by atoms with Crippen LogP contribution >= 0.6 is 0 Å². The van der Waals surface area contributed by atoms with Crippen LogP contribution in [0.4, 0.5) is 13.2 Å². The minimum Gasteiger partial charge on any atom is -0.299 e. The van der Waals surface area contributed by atoms with E-state index in [1.807, 2.05) is 30.3 Å². The van der Waals surface area contributed by atoms with Crippen LogP contribution in [-0.4, -0.2) is 24.2 Å². The SMILES string of the molecule is CCC(CCc1ccc(C2CC2C(F)(F)F)cc1)N(C)Cc1ccccc1. The molecule has 1 aliphatic carbocycles. The molecular formula is C23H28F3N. The fraction of sp³-hybridized carbons (Fsp3) is 0.478. The summed E-state index contributed by atoms with van der Waals surface area (Å²) in [4.78, 5) is 2.39. The average Bonchev–Trinajstić information content (AvgIpc) is 3.45. The number of aryl methyl sites for hydroxylation is 1. The van der Waals surface area contributed by atoms with Crippen LogP contribution in [0.5, 0.6) is 0 Å². The van der Waals surface area contributed by atoms with Crippen molar-refractivity contribution in [2.45, 2.75) is 57.3 Å². The first-order chi connectivity index (χ1) is 12.9. The largest absolute Gasteiger partial charge is 0.392 e. The van der Waals surface area contributed by atoms with E-state index in [0.717, 1.165) is 31.4 Å². The number of halogens is 3. The van der Waals surface area contributed by atoms with Crippen molar-refractivity contribution in [3.05, 3.63) is 71.3 Å². The molecule has 0 N–H and O–H groups in total. The first-order valence-corrected chi connectivity index (χ1v) is 9.78. The second-order valence-electron chi connectivity index (χ2n) is 7.73. The van der Waals surface area contributed by atoms with Gasteiger partial charge >= 0.3 is 6.18 Å². The Kier molecular flexibility index (Phi) is 6.25. The molecule has 0 amide bonds. The highest BCUT2D eigenvalue weighted by Gasteiger charge is 2.55. The van der Waals surface area contributed by atoms with E-state index in [-0.39, 0.29) is 12.3 Å². The van der Waals surface area contributed by atoms with Gasteiger partial charge in [-0.15, -0.1) is 0 Å². The zero-order valence-corrected chi connectivity index (χ0v) is 16.0. The third-order valence-corrected chi connectivity index (χ3v) is 5.75. The highest BCUT2D eigenvalue weighted by molar-refractivity contribution is 5.30. The molecular weight excluding hydrogens is 347 g/mol. The van der Waals surface area contributed by atoms with E-state index in [0.29, 0.717) is 6.04 Å². The van der Waals surface area contributed by atoms with E-state index in [9.17, 15) is 13.2 Å². The number of hydrogen-bond acceptors (Lipinski definition) is 1. The Labute approximate surface area is 160 Å². The summed E-state index contributed by atoms with van der Waals surface area (Å²) in [5, 5.41) is 0. The van der Waals surface area contributed by atoms with Crippen molar-refractivity contribution in [3.63, 3.8) is 0 Å². The average molecular weight is 375 g/mol. The standard InChI is InChI=1S/C23H28F3N/c1-3-20(27(2)16-18-7-5-4-6-8-18)14-11-17-9-12-19(13-10-17)21-15-22(21)23(24,25)26/h4-10,12-13,20-22H,3,11,14-16H2,1-2H3. The Hall–Kier alpha value is -1.81. The van der Waals surface area contributed by atoms with Crippen LogP contribution in [0.15, 0.2) is 54.6 Å². The van der Waals surface area contributed by atoms with E-state index in [1.165, 1.54) is 11.1 Å². The predicted octanol–water partition coefficient (Wildman–Crippen LogP) is 6.20. The smallest absolute Gasteiger partial charge is 0.299 e. The molecule has 3 rings (SSSR count). The molecule has 4 heteroatoms.